The molecular weight excluding hydrogens is 260 g/mol. The van der Waals surface area contributed by atoms with Gasteiger partial charge >= 0.3 is 0 Å². The van der Waals surface area contributed by atoms with Gasteiger partial charge in [-0.1, -0.05) is 48.0 Å². The van der Waals surface area contributed by atoms with Gasteiger partial charge in [0.2, 0.25) is 0 Å². The summed E-state index contributed by atoms with van der Waals surface area (Å²) in [6.07, 6.45) is 0. The fraction of sp³-hybridized carbons (Fsp3) is 0.333. The second-order valence-electron chi connectivity index (χ2n) is 5.39. The summed E-state index contributed by atoms with van der Waals surface area (Å²) >= 11 is 0. The van der Waals surface area contributed by atoms with Crippen LogP contribution in [0, 0.1) is 6.92 Å². The predicted octanol–water partition coefficient (Wildman–Crippen LogP) is 2.96. The molecule has 3 nitrogen and oxygen atoms in total. The first-order valence-electron chi connectivity index (χ1n) is 7.34. The maximum absolute atomic E-state index is 5.84. The van der Waals surface area contributed by atoms with Crippen molar-refractivity contribution in [3.8, 4) is 5.75 Å². The van der Waals surface area contributed by atoms with Crippen molar-refractivity contribution < 1.29 is 4.74 Å². The van der Waals surface area contributed by atoms with Crippen LogP contribution in [0.2, 0.25) is 0 Å². The summed E-state index contributed by atoms with van der Waals surface area (Å²) in [6, 6.07) is 16.6. The smallest absolute Gasteiger partial charge is 0.123 e. The van der Waals surface area contributed by atoms with Crippen molar-refractivity contribution in [3.05, 3.63) is 65.2 Å². The first-order chi connectivity index (χ1) is 10.2. The third kappa shape index (κ3) is 4.88. The van der Waals surface area contributed by atoms with Crippen LogP contribution >= 0.6 is 0 Å². The van der Waals surface area contributed by atoms with Gasteiger partial charge in [0, 0.05) is 25.2 Å². The van der Waals surface area contributed by atoms with Crippen LogP contribution in [0.1, 0.15) is 16.7 Å². The number of para-hydroxylation sites is 1. The Kier molecular flexibility index (Phi) is 5.78. The summed E-state index contributed by atoms with van der Waals surface area (Å²) in [6.45, 7) is 5.11. The molecule has 21 heavy (non-hydrogen) atoms. The molecule has 0 bridgehead atoms. The molecule has 0 radical (unpaired) electrons. The van der Waals surface area contributed by atoms with Crippen LogP contribution in [-0.2, 0) is 13.1 Å². The van der Waals surface area contributed by atoms with Gasteiger partial charge in [-0.2, -0.15) is 0 Å². The summed E-state index contributed by atoms with van der Waals surface area (Å²) in [5, 5.41) is 0. The zero-order chi connectivity index (χ0) is 15.1. The van der Waals surface area contributed by atoms with E-state index < -0.39 is 0 Å². The second kappa shape index (κ2) is 7.81. The third-order valence-electron chi connectivity index (χ3n) is 3.46. The molecule has 2 rings (SSSR count). The van der Waals surface area contributed by atoms with Crippen LogP contribution < -0.4 is 10.5 Å². The van der Waals surface area contributed by atoms with E-state index in [9.17, 15) is 0 Å². The Hall–Kier alpha value is -1.84. The minimum absolute atomic E-state index is 0.509. The topological polar surface area (TPSA) is 38.5 Å². The third-order valence-corrected chi connectivity index (χ3v) is 3.46. The molecule has 0 atom stereocenters. The number of nitrogens with zero attached hydrogens (tertiary/aromatic N) is 1. The normalized spacial score (nSPS) is 10.9. The van der Waals surface area contributed by atoms with Gasteiger partial charge in [-0.25, -0.2) is 0 Å². The van der Waals surface area contributed by atoms with Crippen molar-refractivity contribution in [2.75, 3.05) is 20.2 Å². The van der Waals surface area contributed by atoms with Crippen molar-refractivity contribution in [2.24, 2.45) is 5.73 Å². The van der Waals surface area contributed by atoms with E-state index in [1.54, 1.807) is 0 Å². The average molecular weight is 284 g/mol. The first-order valence-corrected chi connectivity index (χ1v) is 7.34. The number of aryl methyl sites for hydroxylation is 1. The number of rotatable bonds is 7. The molecule has 0 unspecified atom stereocenters. The summed E-state index contributed by atoms with van der Waals surface area (Å²) in [7, 11) is 2.11. The molecule has 0 spiro atoms. The molecule has 0 saturated heterocycles. The Morgan fingerprint density at radius 3 is 2.67 bits per heavy atom. The molecule has 0 aliphatic rings. The van der Waals surface area contributed by atoms with E-state index in [4.69, 9.17) is 10.5 Å². The molecule has 0 aliphatic heterocycles. The highest BCUT2D eigenvalue weighted by Crippen LogP contribution is 2.17. The quantitative estimate of drug-likeness (QED) is 0.849. The first kappa shape index (κ1) is 15.5. The van der Waals surface area contributed by atoms with E-state index in [-0.39, 0.29) is 0 Å². The molecule has 2 aromatic carbocycles. The lowest BCUT2D eigenvalue weighted by molar-refractivity contribution is 0.231. The molecule has 0 fully saturated rings. The molecule has 0 aromatic heterocycles. The molecule has 0 aliphatic carbocycles. The Labute approximate surface area is 127 Å². The van der Waals surface area contributed by atoms with E-state index >= 15 is 0 Å². The lowest BCUT2D eigenvalue weighted by Gasteiger charge is -2.18. The van der Waals surface area contributed by atoms with Gasteiger partial charge in [0.05, 0.1) is 0 Å². The van der Waals surface area contributed by atoms with Crippen molar-refractivity contribution >= 4 is 0 Å². The monoisotopic (exact) mass is 284 g/mol. The standard InChI is InChI=1S/C18H24N2O/c1-15-6-5-7-16(12-15)14-20(2)10-11-21-18-9-4-3-8-17(18)13-19/h3-9,12H,10-11,13-14,19H2,1-2H3. The molecule has 3 heteroatoms. The average Bonchev–Trinajstić information content (AvgIpc) is 2.47. The van der Waals surface area contributed by atoms with Gasteiger partial charge in [-0.05, 0) is 25.6 Å². The fourth-order valence-corrected chi connectivity index (χ4v) is 2.33. The van der Waals surface area contributed by atoms with Crippen LogP contribution in [0.5, 0.6) is 5.75 Å². The molecular formula is C18H24N2O. The highest BCUT2D eigenvalue weighted by atomic mass is 16.5. The number of hydrogen-bond donors (Lipinski definition) is 1. The molecule has 2 N–H and O–H groups in total. The second-order valence-corrected chi connectivity index (χ2v) is 5.39. The summed E-state index contributed by atoms with van der Waals surface area (Å²) in [5.41, 5.74) is 9.40. The number of benzene rings is 2. The Bertz CT molecular complexity index is 569. The minimum Gasteiger partial charge on any atom is -0.492 e. The Balaban J connectivity index is 1.80. The van der Waals surface area contributed by atoms with E-state index in [0.717, 1.165) is 24.4 Å². The van der Waals surface area contributed by atoms with Gasteiger partial charge in [0.25, 0.3) is 0 Å². The van der Waals surface area contributed by atoms with Crippen LogP contribution in [-0.4, -0.2) is 25.1 Å². The molecule has 0 saturated carbocycles. The maximum atomic E-state index is 5.84. The number of likely N-dealkylation sites (N-methyl/N-ethyl adjacent to an activating group) is 1. The van der Waals surface area contributed by atoms with Crippen molar-refractivity contribution in [1.29, 1.82) is 0 Å². The van der Waals surface area contributed by atoms with Crippen LogP contribution in [0.15, 0.2) is 48.5 Å². The highest BCUT2D eigenvalue weighted by molar-refractivity contribution is 5.32. The van der Waals surface area contributed by atoms with Crippen LogP contribution in [0.25, 0.3) is 0 Å². The Morgan fingerprint density at radius 2 is 1.90 bits per heavy atom. The Morgan fingerprint density at radius 1 is 1.10 bits per heavy atom. The number of ether oxygens (including phenoxy) is 1. The van der Waals surface area contributed by atoms with E-state index in [2.05, 4.69) is 43.1 Å². The molecule has 2 aromatic rings. The lowest BCUT2D eigenvalue weighted by Crippen LogP contribution is -2.24. The van der Waals surface area contributed by atoms with Crippen LogP contribution in [0.4, 0.5) is 0 Å². The van der Waals surface area contributed by atoms with Gasteiger partial charge in [-0.15, -0.1) is 0 Å². The fourth-order valence-electron chi connectivity index (χ4n) is 2.33. The van der Waals surface area contributed by atoms with Crippen molar-refractivity contribution in [2.45, 2.75) is 20.0 Å². The van der Waals surface area contributed by atoms with E-state index in [1.165, 1.54) is 11.1 Å². The SMILES string of the molecule is Cc1cccc(CN(C)CCOc2ccccc2CN)c1. The largest absolute Gasteiger partial charge is 0.492 e. The van der Waals surface area contributed by atoms with Gasteiger partial charge in [0.15, 0.2) is 0 Å². The molecule has 112 valence electrons. The van der Waals surface area contributed by atoms with Gasteiger partial charge < -0.3 is 10.5 Å². The van der Waals surface area contributed by atoms with E-state index in [0.29, 0.717) is 13.2 Å². The van der Waals surface area contributed by atoms with Crippen LogP contribution in [0.3, 0.4) is 0 Å². The van der Waals surface area contributed by atoms with Crippen molar-refractivity contribution in [3.63, 3.8) is 0 Å². The number of nitrogens with two attached hydrogens (primary N) is 1. The van der Waals surface area contributed by atoms with E-state index in [1.807, 2.05) is 24.3 Å². The van der Waals surface area contributed by atoms with Gasteiger partial charge in [0.1, 0.15) is 12.4 Å². The summed E-state index contributed by atoms with van der Waals surface area (Å²) in [5.74, 6) is 0.893. The lowest BCUT2D eigenvalue weighted by atomic mass is 10.1. The zero-order valence-corrected chi connectivity index (χ0v) is 12.9. The van der Waals surface area contributed by atoms with Crippen molar-refractivity contribution in [1.82, 2.24) is 4.90 Å². The summed E-state index contributed by atoms with van der Waals surface area (Å²) < 4.78 is 5.84. The predicted molar refractivity (Wildman–Crippen MR) is 87.3 cm³/mol. The number of hydrogen-bond acceptors (Lipinski definition) is 3. The maximum Gasteiger partial charge on any atom is 0.123 e. The molecule has 0 amide bonds. The molecule has 0 heterocycles. The highest BCUT2D eigenvalue weighted by Gasteiger charge is 2.03. The minimum atomic E-state index is 0.509. The summed E-state index contributed by atoms with van der Waals surface area (Å²) in [4.78, 5) is 2.26. The van der Waals surface area contributed by atoms with Gasteiger partial charge in [-0.3, -0.25) is 4.90 Å². The zero-order valence-electron chi connectivity index (χ0n) is 12.9.